The van der Waals surface area contributed by atoms with Gasteiger partial charge in [0.05, 0.1) is 5.56 Å². The maximum Gasteiger partial charge on any atom is 0.257 e. The molecule has 0 saturated heterocycles. The van der Waals surface area contributed by atoms with E-state index in [-0.39, 0.29) is 17.0 Å². The molecule has 1 rings (SSSR count). The molecule has 1 aromatic rings. The fourth-order valence-corrected chi connectivity index (χ4v) is 1.65. The van der Waals surface area contributed by atoms with E-state index in [4.69, 9.17) is 5.73 Å². The molecule has 2 N–H and O–H groups in total. The molecule has 0 atom stereocenters. The van der Waals surface area contributed by atoms with E-state index >= 15 is 0 Å². The van der Waals surface area contributed by atoms with Gasteiger partial charge in [-0.15, -0.1) is 0 Å². The standard InChI is InChI=1S/C13H19FN2O/c1-13(2,3)16(9-8-15)12(17)10-6-4-5-7-11(10)14/h4-7H,8-9,15H2,1-3H3. The highest BCUT2D eigenvalue weighted by molar-refractivity contribution is 5.94. The SMILES string of the molecule is CC(C)(C)N(CCN)C(=O)c1ccccc1F. The Bertz CT molecular complexity index is 399. The highest BCUT2D eigenvalue weighted by atomic mass is 19.1. The predicted molar refractivity (Wildman–Crippen MR) is 66.2 cm³/mol. The van der Waals surface area contributed by atoms with Crippen molar-refractivity contribution < 1.29 is 9.18 Å². The fraction of sp³-hybridized carbons (Fsp3) is 0.462. The fourth-order valence-electron chi connectivity index (χ4n) is 1.65. The number of halogens is 1. The smallest absolute Gasteiger partial charge is 0.257 e. The molecule has 0 aliphatic heterocycles. The maximum atomic E-state index is 13.6. The van der Waals surface area contributed by atoms with E-state index in [2.05, 4.69) is 0 Å². The minimum absolute atomic E-state index is 0.0934. The zero-order chi connectivity index (χ0) is 13.1. The van der Waals surface area contributed by atoms with Gasteiger partial charge >= 0.3 is 0 Å². The lowest BCUT2D eigenvalue weighted by atomic mass is 10.0. The van der Waals surface area contributed by atoms with Crippen molar-refractivity contribution in [2.75, 3.05) is 13.1 Å². The zero-order valence-electron chi connectivity index (χ0n) is 10.5. The van der Waals surface area contributed by atoms with E-state index in [0.717, 1.165) is 0 Å². The van der Waals surface area contributed by atoms with Crippen LogP contribution in [0, 0.1) is 5.82 Å². The first kappa shape index (κ1) is 13.6. The summed E-state index contributed by atoms with van der Waals surface area (Å²) in [6, 6.07) is 6.00. The number of hydrogen-bond donors (Lipinski definition) is 1. The number of nitrogens with zero attached hydrogens (tertiary/aromatic N) is 1. The second-order valence-electron chi connectivity index (χ2n) is 4.90. The molecule has 4 heteroatoms. The second-order valence-corrected chi connectivity index (χ2v) is 4.90. The summed E-state index contributed by atoms with van der Waals surface area (Å²) >= 11 is 0. The van der Waals surface area contributed by atoms with Gasteiger partial charge in [-0.05, 0) is 32.9 Å². The number of carbonyl (C=O) groups is 1. The quantitative estimate of drug-likeness (QED) is 0.875. The van der Waals surface area contributed by atoms with Gasteiger partial charge in [0.25, 0.3) is 5.91 Å². The van der Waals surface area contributed by atoms with Gasteiger partial charge in [0.1, 0.15) is 5.82 Å². The van der Waals surface area contributed by atoms with Crippen molar-refractivity contribution in [1.29, 1.82) is 0 Å². The molecule has 0 spiro atoms. The molecule has 0 fully saturated rings. The Labute approximate surface area is 101 Å². The number of carbonyl (C=O) groups excluding carboxylic acids is 1. The van der Waals surface area contributed by atoms with Gasteiger partial charge in [0.2, 0.25) is 0 Å². The van der Waals surface area contributed by atoms with E-state index in [0.29, 0.717) is 13.1 Å². The first-order chi connectivity index (χ1) is 7.88. The van der Waals surface area contributed by atoms with E-state index in [9.17, 15) is 9.18 Å². The van der Waals surface area contributed by atoms with Crippen LogP contribution in [0.25, 0.3) is 0 Å². The van der Waals surface area contributed by atoms with Crippen LogP contribution in [0.3, 0.4) is 0 Å². The number of nitrogens with two attached hydrogens (primary N) is 1. The minimum atomic E-state index is -0.497. The molecule has 0 aliphatic rings. The summed E-state index contributed by atoms with van der Waals surface area (Å²) in [7, 11) is 0. The highest BCUT2D eigenvalue weighted by Gasteiger charge is 2.27. The Kier molecular flexibility index (Phi) is 4.23. The summed E-state index contributed by atoms with van der Waals surface area (Å²) in [5.74, 6) is -0.815. The van der Waals surface area contributed by atoms with Gasteiger partial charge in [-0.2, -0.15) is 0 Å². The van der Waals surface area contributed by atoms with Crippen LogP contribution in [-0.4, -0.2) is 29.4 Å². The lowest BCUT2D eigenvalue weighted by Crippen LogP contribution is -2.48. The Balaban J connectivity index is 3.05. The van der Waals surface area contributed by atoms with Crippen molar-refractivity contribution >= 4 is 5.91 Å². The third-order valence-corrected chi connectivity index (χ3v) is 2.51. The third kappa shape index (κ3) is 3.27. The largest absolute Gasteiger partial charge is 0.332 e. The van der Waals surface area contributed by atoms with Crippen LogP contribution in [0.1, 0.15) is 31.1 Å². The normalized spacial score (nSPS) is 11.4. The van der Waals surface area contributed by atoms with Gasteiger partial charge in [-0.1, -0.05) is 12.1 Å². The minimum Gasteiger partial charge on any atom is -0.332 e. The summed E-state index contributed by atoms with van der Waals surface area (Å²) in [5.41, 5.74) is 5.21. The molecule has 94 valence electrons. The predicted octanol–water partition coefficient (Wildman–Crippen LogP) is 2.03. The van der Waals surface area contributed by atoms with E-state index in [1.165, 1.54) is 12.1 Å². The summed E-state index contributed by atoms with van der Waals surface area (Å²) in [6.07, 6.45) is 0. The molecule has 17 heavy (non-hydrogen) atoms. The third-order valence-electron chi connectivity index (χ3n) is 2.51. The summed E-state index contributed by atoms with van der Waals surface area (Å²) < 4.78 is 13.6. The number of hydrogen-bond acceptors (Lipinski definition) is 2. The second kappa shape index (κ2) is 5.27. The van der Waals surface area contributed by atoms with Crippen LogP contribution in [0.2, 0.25) is 0 Å². The molecule has 0 aliphatic carbocycles. The summed E-state index contributed by atoms with van der Waals surface area (Å²) in [4.78, 5) is 13.8. The van der Waals surface area contributed by atoms with Crippen molar-refractivity contribution in [2.45, 2.75) is 26.3 Å². The first-order valence-corrected chi connectivity index (χ1v) is 5.64. The van der Waals surface area contributed by atoms with Gasteiger partial charge in [0.15, 0.2) is 0 Å². The Morgan fingerprint density at radius 1 is 1.35 bits per heavy atom. The number of rotatable bonds is 3. The van der Waals surface area contributed by atoms with Crippen molar-refractivity contribution in [3.63, 3.8) is 0 Å². The van der Waals surface area contributed by atoms with Crippen LogP contribution < -0.4 is 5.73 Å². The van der Waals surface area contributed by atoms with Crippen LogP contribution in [0.15, 0.2) is 24.3 Å². The summed E-state index contributed by atoms with van der Waals surface area (Å²) in [5, 5.41) is 0. The van der Waals surface area contributed by atoms with Crippen molar-refractivity contribution in [3.8, 4) is 0 Å². The Hall–Kier alpha value is -1.42. The molecule has 3 nitrogen and oxygen atoms in total. The zero-order valence-corrected chi connectivity index (χ0v) is 10.5. The molecule has 0 aromatic heterocycles. The van der Waals surface area contributed by atoms with Crippen LogP contribution in [0.4, 0.5) is 4.39 Å². The van der Waals surface area contributed by atoms with Gasteiger partial charge in [0, 0.05) is 18.6 Å². The van der Waals surface area contributed by atoms with E-state index in [1.807, 2.05) is 20.8 Å². The monoisotopic (exact) mass is 238 g/mol. The topological polar surface area (TPSA) is 46.3 Å². The van der Waals surface area contributed by atoms with Gasteiger partial charge < -0.3 is 10.6 Å². The first-order valence-electron chi connectivity index (χ1n) is 5.64. The maximum absolute atomic E-state index is 13.6. The van der Waals surface area contributed by atoms with Crippen LogP contribution in [-0.2, 0) is 0 Å². The lowest BCUT2D eigenvalue weighted by molar-refractivity contribution is 0.0587. The average molecular weight is 238 g/mol. The summed E-state index contributed by atoms with van der Waals surface area (Å²) in [6.45, 7) is 6.48. The van der Waals surface area contributed by atoms with Crippen molar-refractivity contribution in [3.05, 3.63) is 35.6 Å². The molecule has 0 radical (unpaired) electrons. The van der Waals surface area contributed by atoms with E-state index < -0.39 is 5.82 Å². The molecule has 1 amide bonds. The molecule has 1 aromatic carbocycles. The van der Waals surface area contributed by atoms with Crippen LogP contribution in [0.5, 0.6) is 0 Å². The highest BCUT2D eigenvalue weighted by Crippen LogP contribution is 2.18. The number of benzene rings is 1. The Morgan fingerprint density at radius 3 is 2.41 bits per heavy atom. The Morgan fingerprint density at radius 2 is 1.94 bits per heavy atom. The van der Waals surface area contributed by atoms with Crippen molar-refractivity contribution in [1.82, 2.24) is 4.90 Å². The average Bonchev–Trinajstić information content (AvgIpc) is 2.24. The molecule has 0 saturated carbocycles. The van der Waals surface area contributed by atoms with E-state index in [1.54, 1.807) is 17.0 Å². The molecule has 0 unspecified atom stereocenters. The van der Waals surface area contributed by atoms with Crippen molar-refractivity contribution in [2.24, 2.45) is 5.73 Å². The number of amides is 1. The molecule has 0 heterocycles. The molecular formula is C13H19FN2O. The van der Waals surface area contributed by atoms with Gasteiger partial charge in [-0.3, -0.25) is 4.79 Å². The van der Waals surface area contributed by atoms with Crippen LogP contribution >= 0.6 is 0 Å². The molecule has 0 bridgehead atoms. The van der Waals surface area contributed by atoms with Gasteiger partial charge in [-0.25, -0.2) is 4.39 Å². The molecular weight excluding hydrogens is 219 g/mol. The lowest BCUT2D eigenvalue weighted by Gasteiger charge is -2.35.